The van der Waals surface area contributed by atoms with Crippen LogP contribution in [0.3, 0.4) is 0 Å². The van der Waals surface area contributed by atoms with E-state index in [-0.39, 0.29) is 5.91 Å². The van der Waals surface area contributed by atoms with Crippen molar-refractivity contribution in [1.29, 1.82) is 0 Å². The minimum atomic E-state index is 0.141. The number of ether oxygens (including phenoxy) is 1. The number of likely N-dealkylation sites (N-methyl/N-ethyl adjacent to an activating group) is 1. The van der Waals surface area contributed by atoms with E-state index in [9.17, 15) is 4.79 Å². The summed E-state index contributed by atoms with van der Waals surface area (Å²) in [5.74, 6) is 0.141. The van der Waals surface area contributed by atoms with Crippen LogP contribution in [0, 0.1) is 0 Å². The van der Waals surface area contributed by atoms with Gasteiger partial charge in [-0.15, -0.1) is 0 Å². The summed E-state index contributed by atoms with van der Waals surface area (Å²) in [6, 6.07) is 0.368. The predicted octanol–water partition coefficient (Wildman–Crippen LogP) is 0.884. The zero-order valence-electron chi connectivity index (χ0n) is 11.0. The van der Waals surface area contributed by atoms with E-state index in [4.69, 9.17) is 4.74 Å². The monoisotopic (exact) mass is 238 g/mol. The summed E-state index contributed by atoms with van der Waals surface area (Å²) < 4.78 is 5.77. The molecule has 2 heterocycles. The molecule has 2 aliphatic heterocycles. The van der Waals surface area contributed by atoms with E-state index in [0.29, 0.717) is 12.1 Å². The van der Waals surface area contributed by atoms with Crippen molar-refractivity contribution in [2.75, 3.05) is 33.3 Å². The molecular formula is C13H22N2O2. The number of fused-ring (bicyclic) bond motifs is 1. The van der Waals surface area contributed by atoms with E-state index in [2.05, 4.69) is 11.9 Å². The second-order valence-corrected chi connectivity index (χ2v) is 5.25. The van der Waals surface area contributed by atoms with Crippen LogP contribution in [0.1, 0.15) is 20.3 Å². The topological polar surface area (TPSA) is 32.8 Å². The molecule has 0 unspecified atom stereocenters. The highest BCUT2D eigenvalue weighted by atomic mass is 16.5. The number of rotatable bonds is 1. The zero-order chi connectivity index (χ0) is 12.4. The molecule has 2 fully saturated rings. The number of allylic oxidation sites excluding steroid dienone is 1. The van der Waals surface area contributed by atoms with E-state index < -0.39 is 0 Å². The van der Waals surface area contributed by atoms with Gasteiger partial charge in [0.2, 0.25) is 5.91 Å². The van der Waals surface area contributed by atoms with Crippen LogP contribution < -0.4 is 0 Å². The first-order valence-electron chi connectivity index (χ1n) is 6.33. The number of amides is 1. The highest BCUT2D eigenvalue weighted by molar-refractivity contribution is 5.88. The summed E-state index contributed by atoms with van der Waals surface area (Å²) in [5.41, 5.74) is 1.06. The molecule has 0 bridgehead atoms. The molecular weight excluding hydrogens is 216 g/mol. The van der Waals surface area contributed by atoms with Gasteiger partial charge >= 0.3 is 0 Å². The molecule has 0 aliphatic carbocycles. The number of carbonyl (C=O) groups is 1. The highest BCUT2D eigenvalue weighted by Gasteiger charge is 2.36. The van der Waals surface area contributed by atoms with Gasteiger partial charge in [0.25, 0.3) is 0 Å². The van der Waals surface area contributed by atoms with Gasteiger partial charge in [-0.05, 0) is 27.3 Å². The summed E-state index contributed by atoms with van der Waals surface area (Å²) in [7, 11) is 2.12. The number of carbonyl (C=O) groups excluding carboxylic acids is 1. The maximum atomic E-state index is 12.0. The molecule has 0 aromatic rings. The Hall–Kier alpha value is -0.870. The summed E-state index contributed by atoms with van der Waals surface area (Å²) in [4.78, 5) is 16.2. The smallest absolute Gasteiger partial charge is 0.246 e. The van der Waals surface area contributed by atoms with Crippen molar-refractivity contribution in [3.8, 4) is 0 Å². The van der Waals surface area contributed by atoms with Gasteiger partial charge in [0.05, 0.1) is 18.8 Å². The third kappa shape index (κ3) is 2.87. The van der Waals surface area contributed by atoms with Gasteiger partial charge in [0, 0.05) is 25.7 Å². The summed E-state index contributed by atoms with van der Waals surface area (Å²) in [5, 5.41) is 0. The number of piperidine rings is 1. The predicted molar refractivity (Wildman–Crippen MR) is 66.8 cm³/mol. The van der Waals surface area contributed by atoms with Crippen LogP contribution in [0.5, 0.6) is 0 Å². The van der Waals surface area contributed by atoms with Gasteiger partial charge in [-0.25, -0.2) is 0 Å². The van der Waals surface area contributed by atoms with Crippen LogP contribution in [0.4, 0.5) is 0 Å². The first-order chi connectivity index (χ1) is 8.08. The number of nitrogens with zero attached hydrogens (tertiary/aromatic N) is 2. The van der Waals surface area contributed by atoms with Crippen molar-refractivity contribution in [2.45, 2.75) is 32.4 Å². The molecule has 0 N–H and O–H groups in total. The van der Waals surface area contributed by atoms with Gasteiger partial charge < -0.3 is 9.64 Å². The number of morpholine rings is 1. The Balaban J connectivity index is 2.00. The van der Waals surface area contributed by atoms with E-state index in [1.807, 2.05) is 18.7 Å². The second kappa shape index (κ2) is 5.19. The third-order valence-corrected chi connectivity index (χ3v) is 3.59. The van der Waals surface area contributed by atoms with Crippen molar-refractivity contribution in [2.24, 2.45) is 0 Å². The van der Waals surface area contributed by atoms with E-state index in [1.54, 1.807) is 6.08 Å². The molecule has 2 atom stereocenters. The second-order valence-electron chi connectivity index (χ2n) is 5.25. The van der Waals surface area contributed by atoms with Gasteiger partial charge in [-0.1, -0.05) is 5.57 Å². The molecule has 4 heteroatoms. The van der Waals surface area contributed by atoms with E-state index in [0.717, 1.165) is 38.2 Å². The van der Waals surface area contributed by atoms with Crippen molar-refractivity contribution in [3.63, 3.8) is 0 Å². The van der Waals surface area contributed by atoms with Gasteiger partial charge in [0.15, 0.2) is 0 Å². The lowest BCUT2D eigenvalue weighted by atomic mass is 9.99. The largest absolute Gasteiger partial charge is 0.375 e. The number of hydrogen-bond donors (Lipinski definition) is 0. The zero-order valence-corrected chi connectivity index (χ0v) is 11.0. The SMILES string of the molecule is CC(C)=CC(=O)N1CC[C@H]2OCCN(C)[C@@H]2C1. The molecule has 1 amide bonds. The molecule has 4 nitrogen and oxygen atoms in total. The van der Waals surface area contributed by atoms with Gasteiger partial charge in [-0.3, -0.25) is 9.69 Å². The maximum Gasteiger partial charge on any atom is 0.246 e. The molecule has 96 valence electrons. The Morgan fingerprint density at radius 3 is 2.82 bits per heavy atom. The minimum absolute atomic E-state index is 0.141. The van der Waals surface area contributed by atoms with Crippen molar-refractivity contribution >= 4 is 5.91 Å². The Bertz CT molecular complexity index is 323. The third-order valence-electron chi connectivity index (χ3n) is 3.59. The molecule has 0 aromatic heterocycles. The quantitative estimate of drug-likeness (QED) is 0.636. The highest BCUT2D eigenvalue weighted by Crippen LogP contribution is 2.22. The fourth-order valence-corrected chi connectivity index (χ4v) is 2.58. The Labute approximate surface area is 103 Å². The average Bonchev–Trinajstić information content (AvgIpc) is 2.28. The van der Waals surface area contributed by atoms with Crippen LogP contribution in [0.2, 0.25) is 0 Å². The van der Waals surface area contributed by atoms with E-state index >= 15 is 0 Å². The molecule has 0 radical (unpaired) electrons. The average molecular weight is 238 g/mol. The van der Waals surface area contributed by atoms with Crippen LogP contribution in [0.15, 0.2) is 11.6 Å². The number of likely N-dealkylation sites (tertiary alicyclic amines) is 1. The lowest BCUT2D eigenvalue weighted by Crippen LogP contribution is -2.59. The van der Waals surface area contributed by atoms with Crippen molar-refractivity contribution in [3.05, 3.63) is 11.6 Å². The van der Waals surface area contributed by atoms with Gasteiger partial charge in [-0.2, -0.15) is 0 Å². The fourth-order valence-electron chi connectivity index (χ4n) is 2.58. The molecule has 0 aromatic carbocycles. The van der Waals surface area contributed by atoms with Gasteiger partial charge in [0.1, 0.15) is 0 Å². The van der Waals surface area contributed by atoms with Crippen LogP contribution in [-0.4, -0.2) is 61.1 Å². The fraction of sp³-hybridized carbons (Fsp3) is 0.769. The maximum absolute atomic E-state index is 12.0. The standard InChI is InChI=1S/C13H22N2O2/c1-10(2)8-13(16)15-5-4-12-11(9-15)14(3)6-7-17-12/h8,11-12H,4-7,9H2,1-3H3/t11-,12-/m1/s1. The lowest BCUT2D eigenvalue weighted by molar-refractivity contribution is -0.136. The molecule has 2 saturated heterocycles. The van der Waals surface area contributed by atoms with Crippen molar-refractivity contribution in [1.82, 2.24) is 9.80 Å². The first kappa shape index (κ1) is 12.6. The van der Waals surface area contributed by atoms with Crippen LogP contribution in [-0.2, 0) is 9.53 Å². The van der Waals surface area contributed by atoms with Crippen LogP contribution in [0.25, 0.3) is 0 Å². The molecule has 0 saturated carbocycles. The summed E-state index contributed by atoms with van der Waals surface area (Å²) in [6.07, 6.45) is 2.99. The van der Waals surface area contributed by atoms with Crippen LogP contribution >= 0.6 is 0 Å². The number of hydrogen-bond acceptors (Lipinski definition) is 3. The molecule has 17 heavy (non-hydrogen) atoms. The molecule has 0 spiro atoms. The normalized spacial score (nSPS) is 29.7. The first-order valence-corrected chi connectivity index (χ1v) is 6.33. The summed E-state index contributed by atoms with van der Waals surface area (Å²) in [6.45, 7) is 7.31. The Kier molecular flexibility index (Phi) is 3.84. The lowest BCUT2D eigenvalue weighted by Gasteiger charge is -2.45. The van der Waals surface area contributed by atoms with Crippen molar-refractivity contribution < 1.29 is 9.53 Å². The minimum Gasteiger partial charge on any atom is -0.375 e. The molecule has 2 aliphatic rings. The Morgan fingerprint density at radius 2 is 2.12 bits per heavy atom. The Morgan fingerprint density at radius 1 is 1.35 bits per heavy atom. The summed E-state index contributed by atoms with van der Waals surface area (Å²) >= 11 is 0. The van der Waals surface area contributed by atoms with E-state index in [1.165, 1.54) is 0 Å². The molecule has 2 rings (SSSR count).